The Morgan fingerprint density at radius 3 is 2.48 bits per heavy atom. The van der Waals surface area contributed by atoms with Gasteiger partial charge in [-0.15, -0.1) is 11.3 Å². The third-order valence-electron chi connectivity index (χ3n) is 3.73. The minimum absolute atomic E-state index is 0.0200. The van der Waals surface area contributed by atoms with Gasteiger partial charge in [-0.25, -0.2) is 8.42 Å². The number of rotatable bonds is 4. The van der Waals surface area contributed by atoms with Crippen LogP contribution in [0.25, 0.3) is 10.6 Å². The van der Waals surface area contributed by atoms with Gasteiger partial charge in [0.25, 0.3) is 10.0 Å². The van der Waals surface area contributed by atoms with E-state index in [1.807, 2.05) is 5.10 Å². The summed E-state index contributed by atoms with van der Waals surface area (Å²) >= 11 is 6.92. The van der Waals surface area contributed by atoms with Crippen LogP contribution in [0.1, 0.15) is 16.1 Å². The van der Waals surface area contributed by atoms with Gasteiger partial charge in [-0.3, -0.25) is 9.82 Å². The number of aromatic amines is 1. The smallest absolute Gasteiger partial charge is 0.279 e. The summed E-state index contributed by atoms with van der Waals surface area (Å²) in [5.74, 6) is 0. The predicted molar refractivity (Wildman–Crippen MR) is 98.6 cm³/mol. The molecule has 0 amide bonds. The lowest BCUT2D eigenvalue weighted by Crippen LogP contribution is -2.13. The molecule has 0 spiro atoms. The summed E-state index contributed by atoms with van der Waals surface area (Å²) in [5.41, 5.74) is 0.0365. The standard InChI is InChI=1S/C16H13ClF3N3O2S2/c1-8-5-10(17)3-4-11(8)23-27(24,25)14-7-13(26-9(14)2)12-6-15(22-21-12)16(18,19)20/h3-7,23H,1-2H3,(H,21,22). The van der Waals surface area contributed by atoms with E-state index in [0.29, 0.717) is 26.0 Å². The van der Waals surface area contributed by atoms with Crippen molar-refractivity contribution in [1.82, 2.24) is 10.2 Å². The number of nitrogens with zero attached hydrogens (tertiary/aromatic N) is 1. The maximum Gasteiger partial charge on any atom is 0.432 e. The van der Waals surface area contributed by atoms with E-state index in [1.54, 1.807) is 32.0 Å². The van der Waals surface area contributed by atoms with Crippen molar-refractivity contribution in [3.63, 3.8) is 0 Å². The number of hydrogen-bond donors (Lipinski definition) is 2. The molecule has 1 aromatic carbocycles. The first-order valence-corrected chi connectivity index (χ1v) is 10.2. The Labute approximate surface area is 162 Å². The van der Waals surface area contributed by atoms with E-state index in [0.717, 1.165) is 17.4 Å². The molecule has 2 aromatic heterocycles. The topological polar surface area (TPSA) is 74.8 Å². The van der Waals surface area contributed by atoms with Gasteiger partial charge in [0.2, 0.25) is 0 Å². The largest absolute Gasteiger partial charge is 0.432 e. The van der Waals surface area contributed by atoms with Gasteiger partial charge in [-0.05, 0) is 49.7 Å². The summed E-state index contributed by atoms with van der Waals surface area (Å²) in [4.78, 5) is 0.724. The highest BCUT2D eigenvalue weighted by Crippen LogP contribution is 2.36. The highest BCUT2D eigenvalue weighted by molar-refractivity contribution is 7.93. The molecule has 0 radical (unpaired) electrons. The number of aryl methyl sites for hydroxylation is 2. The Kier molecular flexibility index (Phi) is 5.00. The molecule has 0 aliphatic heterocycles. The van der Waals surface area contributed by atoms with E-state index in [9.17, 15) is 21.6 Å². The van der Waals surface area contributed by atoms with Gasteiger partial charge < -0.3 is 0 Å². The van der Waals surface area contributed by atoms with Crippen molar-refractivity contribution < 1.29 is 21.6 Å². The Hall–Kier alpha value is -2.04. The lowest BCUT2D eigenvalue weighted by atomic mass is 10.2. The van der Waals surface area contributed by atoms with Crippen molar-refractivity contribution in [1.29, 1.82) is 0 Å². The van der Waals surface area contributed by atoms with Crippen molar-refractivity contribution in [2.75, 3.05) is 4.72 Å². The van der Waals surface area contributed by atoms with Crippen LogP contribution in [0.15, 0.2) is 35.2 Å². The highest BCUT2D eigenvalue weighted by Gasteiger charge is 2.33. The summed E-state index contributed by atoms with van der Waals surface area (Å²) in [6, 6.07) is 6.87. The third-order valence-corrected chi connectivity index (χ3v) is 6.66. The molecule has 0 fully saturated rings. The SMILES string of the molecule is Cc1cc(Cl)ccc1NS(=O)(=O)c1cc(-c2cc(C(F)(F)F)[nH]n2)sc1C. The Bertz CT molecular complexity index is 1100. The number of anilines is 1. The molecular formula is C16H13ClF3N3O2S2. The molecule has 3 rings (SSSR count). The highest BCUT2D eigenvalue weighted by atomic mass is 35.5. The van der Waals surface area contributed by atoms with Crippen LogP contribution in [-0.4, -0.2) is 18.6 Å². The molecular weight excluding hydrogens is 423 g/mol. The third kappa shape index (κ3) is 4.12. The van der Waals surface area contributed by atoms with Crippen LogP contribution in [0.4, 0.5) is 18.9 Å². The average Bonchev–Trinajstić information content (AvgIpc) is 3.16. The maximum absolute atomic E-state index is 12.7. The van der Waals surface area contributed by atoms with E-state index < -0.39 is 21.9 Å². The van der Waals surface area contributed by atoms with Crippen LogP contribution in [-0.2, 0) is 16.2 Å². The monoisotopic (exact) mass is 435 g/mol. The summed E-state index contributed by atoms with van der Waals surface area (Å²) in [5, 5.41) is 6.03. The molecule has 11 heteroatoms. The van der Waals surface area contributed by atoms with Crippen LogP contribution >= 0.6 is 22.9 Å². The van der Waals surface area contributed by atoms with Crippen molar-refractivity contribution in [2.24, 2.45) is 0 Å². The van der Waals surface area contributed by atoms with Crippen LogP contribution in [0, 0.1) is 13.8 Å². The molecule has 0 aliphatic rings. The zero-order valence-corrected chi connectivity index (χ0v) is 16.4. The Morgan fingerprint density at radius 1 is 1.19 bits per heavy atom. The van der Waals surface area contributed by atoms with E-state index >= 15 is 0 Å². The molecule has 0 saturated heterocycles. The summed E-state index contributed by atoms with van der Waals surface area (Å²) in [6.45, 7) is 3.28. The second-order valence-corrected chi connectivity index (χ2v) is 9.10. The molecule has 3 aromatic rings. The van der Waals surface area contributed by atoms with Gasteiger partial charge in [0.15, 0.2) is 0 Å². The number of aromatic nitrogens is 2. The Balaban J connectivity index is 1.94. The normalized spacial score (nSPS) is 12.4. The summed E-state index contributed by atoms with van der Waals surface area (Å²) in [6.07, 6.45) is -4.56. The molecule has 2 N–H and O–H groups in total. The van der Waals surface area contributed by atoms with Gasteiger partial charge >= 0.3 is 6.18 Å². The number of alkyl halides is 3. The molecule has 0 unspecified atom stereocenters. The van der Waals surface area contributed by atoms with Gasteiger partial charge in [0, 0.05) is 9.90 Å². The number of sulfonamides is 1. The second kappa shape index (κ2) is 6.84. The fourth-order valence-electron chi connectivity index (χ4n) is 2.39. The fraction of sp³-hybridized carbons (Fsp3) is 0.188. The van der Waals surface area contributed by atoms with E-state index in [1.165, 1.54) is 6.07 Å². The second-order valence-electron chi connectivity index (χ2n) is 5.76. The maximum atomic E-state index is 12.7. The number of benzene rings is 1. The molecule has 0 saturated carbocycles. The number of nitrogens with one attached hydrogen (secondary N) is 2. The van der Waals surface area contributed by atoms with Crippen LogP contribution < -0.4 is 4.72 Å². The van der Waals surface area contributed by atoms with Crippen LogP contribution in [0.2, 0.25) is 5.02 Å². The first-order valence-electron chi connectivity index (χ1n) is 7.50. The van der Waals surface area contributed by atoms with Gasteiger partial charge in [0.05, 0.1) is 10.6 Å². The average molecular weight is 436 g/mol. The van der Waals surface area contributed by atoms with Crippen molar-refractivity contribution in [2.45, 2.75) is 24.9 Å². The lowest BCUT2D eigenvalue weighted by Gasteiger charge is -2.10. The van der Waals surface area contributed by atoms with Crippen LogP contribution in [0.3, 0.4) is 0 Å². The minimum atomic E-state index is -4.56. The lowest BCUT2D eigenvalue weighted by molar-refractivity contribution is -0.141. The van der Waals surface area contributed by atoms with Crippen molar-refractivity contribution >= 4 is 38.6 Å². The van der Waals surface area contributed by atoms with E-state index in [2.05, 4.69) is 9.82 Å². The molecule has 5 nitrogen and oxygen atoms in total. The fourth-order valence-corrected chi connectivity index (χ4v) is 5.30. The molecule has 144 valence electrons. The number of H-pyrrole nitrogens is 1. The van der Waals surface area contributed by atoms with Crippen molar-refractivity contribution in [3.05, 3.63) is 51.5 Å². The molecule has 2 heterocycles. The van der Waals surface area contributed by atoms with Gasteiger partial charge in [0.1, 0.15) is 16.3 Å². The zero-order chi connectivity index (χ0) is 20.0. The van der Waals surface area contributed by atoms with E-state index in [4.69, 9.17) is 11.6 Å². The molecule has 0 atom stereocenters. The molecule has 27 heavy (non-hydrogen) atoms. The first kappa shape index (κ1) is 19.7. The quantitative estimate of drug-likeness (QED) is 0.589. The van der Waals surface area contributed by atoms with Crippen molar-refractivity contribution in [3.8, 4) is 10.6 Å². The van der Waals surface area contributed by atoms with Gasteiger partial charge in [-0.1, -0.05) is 11.6 Å². The number of thiophene rings is 1. The molecule has 0 aliphatic carbocycles. The number of hydrogen-bond acceptors (Lipinski definition) is 4. The zero-order valence-electron chi connectivity index (χ0n) is 14.0. The summed E-state index contributed by atoms with van der Waals surface area (Å²) < 4.78 is 66.1. The minimum Gasteiger partial charge on any atom is -0.279 e. The van der Waals surface area contributed by atoms with Crippen LogP contribution in [0.5, 0.6) is 0 Å². The van der Waals surface area contributed by atoms with Gasteiger partial charge in [-0.2, -0.15) is 18.3 Å². The van der Waals surface area contributed by atoms with E-state index in [-0.39, 0.29) is 10.6 Å². The number of halogens is 4. The first-order chi connectivity index (χ1) is 12.5. The Morgan fingerprint density at radius 2 is 1.89 bits per heavy atom. The predicted octanol–water partition coefficient (Wildman–Crippen LogP) is 5.23. The summed E-state index contributed by atoms with van der Waals surface area (Å²) in [7, 11) is -3.93. The molecule has 0 bridgehead atoms.